The van der Waals surface area contributed by atoms with Crippen LogP contribution in [0.5, 0.6) is 0 Å². The molecule has 0 bridgehead atoms. The predicted octanol–water partition coefficient (Wildman–Crippen LogP) is 4.65. The van der Waals surface area contributed by atoms with Crippen molar-refractivity contribution in [1.82, 2.24) is 0 Å². The lowest BCUT2D eigenvalue weighted by Gasteiger charge is -2.36. The fraction of sp³-hybridized carbons (Fsp3) is 1.00. The number of alkyl halides is 13. The highest BCUT2D eigenvalue weighted by Crippen LogP contribution is 2.55. The molecule has 0 unspecified atom stereocenters. The molecule has 0 spiro atoms. The molecule has 0 radical (unpaired) electrons. The van der Waals surface area contributed by atoms with Crippen molar-refractivity contribution < 1.29 is 66.5 Å². The van der Waals surface area contributed by atoms with Crippen LogP contribution in [0.2, 0.25) is 0 Å². The molecule has 2 nitrogen and oxygen atoms in total. The predicted molar refractivity (Wildman–Crippen MR) is 43.5 cm³/mol. The van der Waals surface area contributed by atoms with Crippen LogP contribution in [-0.4, -0.2) is 43.0 Å². The van der Waals surface area contributed by atoms with Crippen LogP contribution in [0, 0.1) is 0 Å². The molecule has 0 N–H and O–H groups in total. The summed E-state index contributed by atoms with van der Waals surface area (Å²) in [4.78, 5) is 0. The lowest BCUT2D eigenvalue weighted by molar-refractivity contribution is -0.519. The lowest BCUT2D eigenvalue weighted by Crippen LogP contribution is -2.65. The quantitative estimate of drug-likeness (QED) is 0.599. The third kappa shape index (κ3) is 3.75. The van der Waals surface area contributed by atoms with Crippen LogP contribution in [0.4, 0.5) is 57.1 Å². The Balaban J connectivity index is 5.80. The number of hydrogen-bond acceptors (Lipinski definition) is 2. The van der Waals surface area contributed by atoms with E-state index < -0.39 is 43.0 Å². The standard InChI is InChI=1S/C8H5F13O2/c1-2-22-6(16,17)3(9,10)4(11,12)7(18,19)23-8(20,21)5(13,14)15/h2H2,1H3. The molecule has 0 atom stereocenters. The minimum absolute atomic E-state index is 0.550. The summed E-state index contributed by atoms with van der Waals surface area (Å²) in [7, 11) is 0. The third-order valence-corrected chi connectivity index (χ3v) is 2.04. The monoisotopic (exact) mass is 380 g/mol. The van der Waals surface area contributed by atoms with Gasteiger partial charge in [-0.25, -0.2) is 4.74 Å². The van der Waals surface area contributed by atoms with Crippen LogP contribution < -0.4 is 0 Å². The average molecular weight is 380 g/mol. The van der Waals surface area contributed by atoms with Crippen LogP contribution in [0.25, 0.3) is 0 Å². The molecular formula is C8H5F13O2. The Morgan fingerprint density at radius 3 is 1.22 bits per heavy atom. The SMILES string of the molecule is CCOC(F)(F)C(F)(F)C(F)(F)C(F)(F)OC(F)(F)C(F)(F)F. The zero-order valence-corrected chi connectivity index (χ0v) is 10.4. The van der Waals surface area contributed by atoms with Crippen LogP contribution in [0.3, 0.4) is 0 Å². The van der Waals surface area contributed by atoms with E-state index in [-0.39, 0.29) is 0 Å². The van der Waals surface area contributed by atoms with Gasteiger partial charge in [-0.05, 0) is 6.92 Å². The Bertz CT molecular complexity index is 413. The maximum atomic E-state index is 12.8. The second-order valence-corrected chi connectivity index (χ2v) is 3.73. The molecule has 0 aliphatic heterocycles. The normalized spacial score (nSPS) is 15.9. The summed E-state index contributed by atoms with van der Waals surface area (Å²) in [5.41, 5.74) is 0. The second kappa shape index (κ2) is 5.82. The molecule has 0 rings (SSSR count). The smallest absolute Gasteiger partial charge is 0.316 e. The molecule has 0 aliphatic rings. The number of halogens is 13. The van der Waals surface area contributed by atoms with Gasteiger partial charge in [0.25, 0.3) is 0 Å². The van der Waals surface area contributed by atoms with Gasteiger partial charge in [0, 0.05) is 0 Å². The van der Waals surface area contributed by atoms with Crippen molar-refractivity contribution in [2.24, 2.45) is 0 Å². The maximum Gasteiger partial charge on any atom is 0.483 e. The largest absolute Gasteiger partial charge is 0.483 e. The molecule has 15 heteroatoms. The number of ether oxygens (including phenoxy) is 2. The third-order valence-electron chi connectivity index (χ3n) is 2.04. The first-order valence-corrected chi connectivity index (χ1v) is 5.06. The van der Waals surface area contributed by atoms with Gasteiger partial charge in [0.2, 0.25) is 0 Å². The first-order chi connectivity index (χ1) is 9.77. The zero-order chi connectivity index (χ0) is 19.1. The van der Waals surface area contributed by atoms with E-state index >= 15 is 0 Å². The highest BCUT2D eigenvalue weighted by molar-refractivity contribution is 4.97. The van der Waals surface area contributed by atoms with Crippen molar-refractivity contribution in [3.63, 3.8) is 0 Å². The Labute approximate surface area is 118 Å². The van der Waals surface area contributed by atoms with Gasteiger partial charge >= 0.3 is 36.3 Å². The van der Waals surface area contributed by atoms with E-state index in [1.54, 1.807) is 0 Å². The van der Waals surface area contributed by atoms with E-state index in [9.17, 15) is 57.1 Å². The zero-order valence-electron chi connectivity index (χ0n) is 10.4. The van der Waals surface area contributed by atoms with E-state index in [2.05, 4.69) is 4.74 Å². The lowest BCUT2D eigenvalue weighted by atomic mass is 10.1. The Morgan fingerprint density at radius 2 is 0.913 bits per heavy atom. The minimum Gasteiger partial charge on any atom is -0.316 e. The Hall–Kier alpha value is -0.990. The molecular weight excluding hydrogens is 375 g/mol. The Morgan fingerprint density at radius 1 is 0.565 bits per heavy atom. The fourth-order valence-electron chi connectivity index (χ4n) is 0.920. The topological polar surface area (TPSA) is 18.5 Å². The number of hydrogen-bond donors (Lipinski definition) is 0. The van der Waals surface area contributed by atoms with Crippen molar-refractivity contribution >= 4 is 0 Å². The highest BCUT2D eigenvalue weighted by atomic mass is 19.4. The first kappa shape index (κ1) is 22.0. The van der Waals surface area contributed by atoms with Gasteiger partial charge in [-0.15, -0.1) is 0 Å². The van der Waals surface area contributed by atoms with Crippen molar-refractivity contribution in [2.75, 3.05) is 6.61 Å². The summed E-state index contributed by atoms with van der Waals surface area (Å²) in [5, 5.41) is 0. The summed E-state index contributed by atoms with van der Waals surface area (Å²) in [6.07, 6.45) is -27.7. The summed E-state index contributed by atoms with van der Waals surface area (Å²) < 4.78 is 165. The molecule has 0 saturated carbocycles. The van der Waals surface area contributed by atoms with E-state index in [1.807, 2.05) is 0 Å². The van der Waals surface area contributed by atoms with E-state index in [0.717, 1.165) is 0 Å². The minimum atomic E-state index is -7.49. The van der Waals surface area contributed by atoms with E-state index in [1.165, 1.54) is 4.74 Å². The molecule has 0 aromatic heterocycles. The van der Waals surface area contributed by atoms with Gasteiger partial charge in [0.05, 0.1) is 6.61 Å². The molecule has 140 valence electrons. The molecule has 0 heterocycles. The summed E-state index contributed by atoms with van der Waals surface area (Å²) >= 11 is 0. The van der Waals surface area contributed by atoms with Crippen molar-refractivity contribution in [3.05, 3.63) is 0 Å². The molecule has 0 saturated heterocycles. The van der Waals surface area contributed by atoms with Gasteiger partial charge < -0.3 is 4.74 Å². The molecule has 23 heavy (non-hydrogen) atoms. The molecule has 0 aromatic carbocycles. The first-order valence-electron chi connectivity index (χ1n) is 5.06. The van der Waals surface area contributed by atoms with Gasteiger partial charge in [-0.2, -0.15) is 57.1 Å². The van der Waals surface area contributed by atoms with Gasteiger partial charge in [-0.1, -0.05) is 0 Å². The fourth-order valence-corrected chi connectivity index (χ4v) is 0.920. The summed E-state index contributed by atoms with van der Waals surface area (Å²) in [5.74, 6) is -14.7. The molecule has 0 amide bonds. The van der Waals surface area contributed by atoms with Crippen molar-refractivity contribution in [1.29, 1.82) is 0 Å². The van der Waals surface area contributed by atoms with E-state index in [4.69, 9.17) is 0 Å². The van der Waals surface area contributed by atoms with Crippen molar-refractivity contribution in [2.45, 2.75) is 43.3 Å². The van der Waals surface area contributed by atoms with Crippen LogP contribution in [-0.2, 0) is 9.47 Å². The molecule has 0 aromatic rings. The van der Waals surface area contributed by atoms with Gasteiger partial charge in [0.1, 0.15) is 0 Å². The van der Waals surface area contributed by atoms with Crippen LogP contribution >= 0.6 is 0 Å². The summed E-state index contributed by atoms with van der Waals surface area (Å²) in [6.45, 7) is -0.863. The van der Waals surface area contributed by atoms with E-state index in [0.29, 0.717) is 6.92 Å². The molecule has 0 aliphatic carbocycles. The average Bonchev–Trinajstić information content (AvgIpc) is 2.24. The maximum absolute atomic E-state index is 12.8. The molecule has 0 fully saturated rings. The van der Waals surface area contributed by atoms with Crippen molar-refractivity contribution in [3.8, 4) is 0 Å². The second-order valence-electron chi connectivity index (χ2n) is 3.73. The highest BCUT2D eigenvalue weighted by Gasteiger charge is 2.84. The van der Waals surface area contributed by atoms with Gasteiger partial charge in [-0.3, -0.25) is 0 Å². The van der Waals surface area contributed by atoms with Crippen LogP contribution in [0.1, 0.15) is 6.92 Å². The number of rotatable bonds is 7. The van der Waals surface area contributed by atoms with Crippen LogP contribution in [0.15, 0.2) is 0 Å². The Kier molecular flexibility index (Phi) is 5.57. The van der Waals surface area contributed by atoms with Gasteiger partial charge in [0.15, 0.2) is 0 Å². The summed E-state index contributed by atoms with van der Waals surface area (Å²) in [6, 6.07) is 0.